The molecule has 4 aromatic rings. The van der Waals surface area contributed by atoms with E-state index < -0.39 is 0 Å². The third kappa shape index (κ3) is 4.93. The lowest BCUT2D eigenvalue weighted by Crippen LogP contribution is -2.24. The highest BCUT2D eigenvalue weighted by Crippen LogP contribution is 2.34. The Morgan fingerprint density at radius 2 is 1.75 bits per heavy atom. The normalized spacial score (nSPS) is 12.9. The lowest BCUT2D eigenvalue weighted by molar-refractivity contribution is 0.364. The van der Waals surface area contributed by atoms with Crippen LogP contribution in [0, 0.1) is 0 Å². The van der Waals surface area contributed by atoms with Gasteiger partial charge in [0.25, 0.3) is 5.56 Å². The standard InChI is InChI=1S/C25H28N4O2S/c1-17(21-27-23(28-31-21)25(2,3)4)32-24-26-20-15-9-8-14-19(20)22(30)29(24)16-10-13-18-11-6-5-7-12-18/h5-9,11-12,14-15,17H,10,13,16H2,1-4H3. The topological polar surface area (TPSA) is 73.8 Å². The maximum atomic E-state index is 13.3. The molecule has 1 unspecified atom stereocenters. The molecule has 2 aromatic carbocycles. The van der Waals surface area contributed by atoms with Gasteiger partial charge in [-0.25, -0.2) is 4.98 Å². The van der Waals surface area contributed by atoms with Gasteiger partial charge >= 0.3 is 0 Å². The van der Waals surface area contributed by atoms with Gasteiger partial charge in [-0.05, 0) is 37.5 Å². The first-order chi connectivity index (χ1) is 15.3. The highest BCUT2D eigenvalue weighted by atomic mass is 32.2. The van der Waals surface area contributed by atoms with E-state index in [2.05, 4.69) is 43.0 Å². The first-order valence-electron chi connectivity index (χ1n) is 10.9. The quantitative estimate of drug-likeness (QED) is 0.272. The van der Waals surface area contributed by atoms with Gasteiger partial charge in [-0.15, -0.1) is 0 Å². The van der Waals surface area contributed by atoms with Gasteiger partial charge in [-0.2, -0.15) is 4.98 Å². The first kappa shape index (κ1) is 22.3. The second kappa shape index (κ2) is 9.28. The van der Waals surface area contributed by atoms with Crippen LogP contribution in [0.1, 0.15) is 56.6 Å². The number of benzene rings is 2. The highest BCUT2D eigenvalue weighted by molar-refractivity contribution is 7.99. The molecule has 2 heterocycles. The van der Waals surface area contributed by atoms with E-state index in [1.807, 2.05) is 49.4 Å². The zero-order valence-electron chi connectivity index (χ0n) is 18.9. The van der Waals surface area contributed by atoms with Crippen molar-refractivity contribution in [1.29, 1.82) is 0 Å². The molecular formula is C25H28N4O2S. The van der Waals surface area contributed by atoms with Crippen LogP contribution in [0.15, 0.2) is 69.1 Å². The molecule has 0 saturated heterocycles. The molecule has 0 bridgehead atoms. The second-order valence-electron chi connectivity index (χ2n) is 8.92. The van der Waals surface area contributed by atoms with Gasteiger partial charge in [0.15, 0.2) is 11.0 Å². The van der Waals surface area contributed by atoms with Gasteiger partial charge in [-0.3, -0.25) is 9.36 Å². The fourth-order valence-corrected chi connectivity index (χ4v) is 4.40. The van der Waals surface area contributed by atoms with Crippen molar-refractivity contribution in [3.63, 3.8) is 0 Å². The first-order valence-corrected chi connectivity index (χ1v) is 11.7. The molecule has 32 heavy (non-hydrogen) atoms. The molecule has 0 N–H and O–H groups in total. The summed E-state index contributed by atoms with van der Waals surface area (Å²) < 4.78 is 7.31. The summed E-state index contributed by atoms with van der Waals surface area (Å²) in [4.78, 5) is 22.7. The van der Waals surface area contributed by atoms with Crippen molar-refractivity contribution in [1.82, 2.24) is 19.7 Å². The molecule has 1 atom stereocenters. The summed E-state index contributed by atoms with van der Waals surface area (Å²) in [6, 6.07) is 17.8. The molecule has 0 spiro atoms. The predicted molar refractivity (Wildman–Crippen MR) is 128 cm³/mol. The smallest absolute Gasteiger partial charge is 0.262 e. The monoisotopic (exact) mass is 448 g/mol. The summed E-state index contributed by atoms with van der Waals surface area (Å²) in [7, 11) is 0. The molecule has 0 amide bonds. The Hall–Kier alpha value is -2.93. The van der Waals surface area contributed by atoms with Crippen LogP contribution >= 0.6 is 11.8 Å². The van der Waals surface area contributed by atoms with E-state index in [4.69, 9.17) is 9.51 Å². The predicted octanol–water partition coefficient (Wildman–Crippen LogP) is 5.56. The Bertz CT molecular complexity index is 1260. The fourth-order valence-electron chi connectivity index (χ4n) is 3.43. The number of hydrogen-bond acceptors (Lipinski definition) is 6. The molecule has 2 aromatic heterocycles. The molecule has 0 aliphatic rings. The average Bonchev–Trinajstić information content (AvgIpc) is 3.28. The minimum atomic E-state index is -0.188. The number of aromatic nitrogens is 4. The number of aryl methyl sites for hydroxylation is 1. The van der Waals surface area contributed by atoms with Crippen molar-refractivity contribution in [2.75, 3.05) is 0 Å². The van der Waals surface area contributed by atoms with Gasteiger partial charge in [-0.1, -0.05) is 80.2 Å². The molecule has 0 aliphatic heterocycles. The van der Waals surface area contributed by atoms with E-state index in [-0.39, 0.29) is 16.2 Å². The summed E-state index contributed by atoms with van der Waals surface area (Å²) in [5, 5.41) is 5.31. The number of hydrogen-bond donors (Lipinski definition) is 0. The molecular weight excluding hydrogens is 420 g/mol. The third-order valence-electron chi connectivity index (χ3n) is 5.26. The number of para-hydroxylation sites is 1. The summed E-state index contributed by atoms with van der Waals surface area (Å²) in [6.45, 7) is 8.75. The minimum Gasteiger partial charge on any atom is -0.338 e. The van der Waals surface area contributed by atoms with Crippen LogP contribution in [0.2, 0.25) is 0 Å². The maximum Gasteiger partial charge on any atom is 0.262 e. The Kier molecular flexibility index (Phi) is 6.46. The van der Waals surface area contributed by atoms with E-state index in [1.54, 1.807) is 4.57 Å². The van der Waals surface area contributed by atoms with E-state index in [0.29, 0.717) is 34.3 Å². The number of fused-ring (bicyclic) bond motifs is 1. The zero-order chi connectivity index (χ0) is 22.7. The minimum absolute atomic E-state index is 0.0146. The van der Waals surface area contributed by atoms with Gasteiger partial charge in [0.05, 0.1) is 16.2 Å². The Morgan fingerprint density at radius 1 is 1.03 bits per heavy atom. The van der Waals surface area contributed by atoms with Crippen LogP contribution in [0.25, 0.3) is 10.9 Å². The molecule has 0 saturated carbocycles. The van der Waals surface area contributed by atoms with Crippen LogP contribution < -0.4 is 5.56 Å². The van der Waals surface area contributed by atoms with E-state index >= 15 is 0 Å². The van der Waals surface area contributed by atoms with Crippen LogP contribution in [0.5, 0.6) is 0 Å². The lowest BCUT2D eigenvalue weighted by atomic mass is 9.96. The molecule has 0 radical (unpaired) electrons. The van der Waals surface area contributed by atoms with Gasteiger partial charge in [0, 0.05) is 12.0 Å². The molecule has 0 aliphatic carbocycles. The summed E-state index contributed by atoms with van der Waals surface area (Å²) in [6.07, 6.45) is 1.75. The van der Waals surface area contributed by atoms with Crippen molar-refractivity contribution in [3.8, 4) is 0 Å². The van der Waals surface area contributed by atoms with Crippen molar-refractivity contribution >= 4 is 22.7 Å². The Morgan fingerprint density at radius 3 is 2.47 bits per heavy atom. The molecule has 166 valence electrons. The highest BCUT2D eigenvalue weighted by Gasteiger charge is 2.25. The zero-order valence-corrected chi connectivity index (χ0v) is 19.7. The molecule has 4 rings (SSSR count). The van der Waals surface area contributed by atoms with Crippen molar-refractivity contribution in [2.45, 2.75) is 62.9 Å². The van der Waals surface area contributed by atoms with Crippen LogP contribution in [0.3, 0.4) is 0 Å². The van der Waals surface area contributed by atoms with E-state index in [0.717, 1.165) is 12.8 Å². The van der Waals surface area contributed by atoms with Crippen molar-refractivity contribution < 1.29 is 4.52 Å². The number of nitrogens with zero attached hydrogens (tertiary/aromatic N) is 4. The van der Waals surface area contributed by atoms with Crippen molar-refractivity contribution in [2.24, 2.45) is 0 Å². The summed E-state index contributed by atoms with van der Waals surface area (Å²) >= 11 is 1.48. The number of rotatable bonds is 7. The second-order valence-corrected chi connectivity index (χ2v) is 10.2. The third-order valence-corrected chi connectivity index (χ3v) is 6.34. The summed E-state index contributed by atoms with van der Waals surface area (Å²) in [5.41, 5.74) is 1.76. The molecule has 0 fully saturated rings. The molecule has 7 heteroatoms. The Labute approximate surface area is 192 Å². The van der Waals surface area contributed by atoms with Crippen molar-refractivity contribution in [3.05, 3.63) is 82.2 Å². The van der Waals surface area contributed by atoms with E-state index in [9.17, 15) is 4.79 Å². The van der Waals surface area contributed by atoms with Gasteiger partial charge in [0.2, 0.25) is 5.89 Å². The van der Waals surface area contributed by atoms with Crippen LogP contribution in [-0.4, -0.2) is 19.7 Å². The summed E-state index contributed by atoms with van der Waals surface area (Å²) in [5.74, 6) is 1.21. The SMILES string of the molecule is CC(Sc1nc2ccccc2c(=O)n1CCCc1ccccc1)c1nc(C(C)(C)C)no1. The van der Waals surface area contributed by atoms with E-state index in [1.165, 1.54) is 17.3 Å². The average molecular weight is 449 g/mol. The van der Waals surface area contributed by atoms with Crippen LogP contribution in [-0.2, 0) is 18.4 Å². The van der Waals surface area contributed by atoms with Gasteiger partial charge < -0.3 is 4.52 Å². The maximum absolute atomic E-state index is 13.3. The number of thioether (sulfide) groups is 1. The lowest BCUT2D eigenvalue weighted by Gasteiger charge is -2.15. The molecule has 6 nitrogen and oxygen atoms in total. The Balaban J connectivity index is 1.62. The fraction of sp³-hybridized carbons (Fsp3) is 0.360. The van der Waals surface area contributed by atoms with Gasteiger partial charge in [0.1, 0.15) is 0 Å². The van der Waals surface area contributed by atoms with Crippen LogP contribution in [0.4, 0.5) is 0 Å². The largest absolute Gasteiger partial charge is 0.338 e.